The fourth-order valence-corrected chi connectivity index (χ4v) is 2.31. The summed E-state index contributed by atoms with van der Waals surface area (Å²) in [6.07, 6.45) is 1.49. The second-order valence-electron chi connectivity index (χ2n) is 5.36. The lowest BCUT2D eigenvalue weighted by Crippen LogP contribution is -2.37. The number of rotatable bonds is 5. The van der Waals surface area contributed by atoms with Crippen molar-refractivity contribution in [3.05, 3.63) is 53.7 Å². The van der Waals surface area contributed by atoms with Gasteiger partial charge in [-0.25, -0.2) is 13.8 Å². The highest BCUT2D eigenvalue weighted by Crippen LogP contribution is 2.23. The molecule has 128 valence electrons. The highest BCUT2D eigenvalue weighted by molar-refractivity contribution is 5.98. The number of hydrogen-bond acceptors (Lipinski definition) is 4. The maximum absolute atomic E-state index is 13.3. The molecule has 0 aliphatic carbocycles. The van der Waals surface area contributed by atoms with Gasteiger partial charge >= 0.3 is 0 Å². The molecule has 0 aliphatic heterocycles. The van der Waals surface area contributed by atoms with Crippen molar-refractivity contribution < 1.29 is 18.7 Å². The molecule has 0 unspecified atom stereocenters. The second kappa shape index (κ2) is 7.72. The molecule has 7 heteroatoms. The molecule has 0 amide bonds. The van der Waals surface area contributed by atoms with Crippen LogP contribution in [0.3, 0.4) is 0 Å². The Morgan fingerprint density at radius 3 is 2.58 bits per heavy atom. The summed E-state index contributed by atoms with van der Waals surface area (Å²) in [5.41, 5.74) is 0.598. The zero-order valence-electron chi connectivity index (χ0n) is 13.7. The average Bonchev–Trinajstić information content (AvgIpc) is 2.55. The summed E-state index contributed by atoms with van der Waals surface area (Å²) >= 11 is 0. The molecule has 0 bridgehead atoms. The summed E-state index contributed by atoms with van der Waals surface area (Å²) in [6.45, 7) is 6.56. The number of pyridine rings is 1. The van der Waals surface area contributed by atoms with E-state index in [9.17, 15) is 14.0 Å². The molecular formula is C17H19F2N3O2. The van der Waals surface area contributed by atoms with Crippen molar-refractivity contribution in [2.24, 2.45) is 5.16 Å². The Hall–Kier alpha value is -2.70. The maximum atomic E-state index is 13.3. The molecule has 1 aromatic heterocycles. The van der Waals surface area contributed by atoms with E-state index in [-0.39, 0.29) is 17.7 Å². The predicted octanol–water partition coefficient (Wildman–Crippen LogP) is 4.02. The summed E-state index contributed by atoms with van der Waals surface area (Å²) in [6, 6.07) is 6.61. The number of hydrogen-bond donors (Lipinski definition) is 1. The van der Waals surface area contributed by atoms with Crippen molar-refractivity contribution in [2.75, 3.05) is 6.54 Å². The van der Waals surface area contributed by atoms with Crippen LogP contribution >= 0.6 is 0 Å². The summed E-state index contributed by atoms with van der Waals surface area (Å²) in [5, 5.41) is 12.7. The van der Waals surface area contributed by atoms with Gasteiger partial charge in [0.25, 0.3) is 0 Å². The fourth-order valence-electron chi connectivity index (χ4n) is 2.31. The highest BCUT2D eigenvalue weighted by Gasteiger charge is 2.17. The van der Waals surface area contributed by atoms with E-state index >= 15 is 0 Å². The largest absolute Gasteiger partial charge is 0.439 e. The first kappa shape index (κ1) is 17.7. The normalized spacial score (nSPS) is 11.7. The molecule has 0 radical (unpaired) electrons. The molecule has 0 atom stereocenters. The van der Waals surface area contributed by atoms with Gasteiger partial charge in [0.2, 0.25) is 5.88 Å². The zero-order valence-corrected chi connectivity index (χ0v) is 13.7. The van der Waals surface area contributed by atoms with Gasteiger partial charge in [-0.3, -0.25) is 0 Å². The number of benzene rings is 1. The van der Waals surface area contributed by atoms with E-state index in [4.69, 9.17) is 4.74 Å². The Balaban J connectivity index is 2.29. The van der Waals surface area contributed by atoms with Gasteiger partial charge < -0.3 is 14.8 Å². The Morgan fingerprint density at radius 2 is 2.00 bits per heavy atom. The summed E-state index contributed by atoms with van der Waals surface area (Å²) < 4.78 is 31.7. The van der Waals surface area contributed by atoms with Gasteiger partial charge in [-0.05, 0) is 39.0 Å². The quantitative estimate of drug-likeness (QED) is 0.388. The molecule has 0 saturated heterocycles. The van der Waals surface area contributed by atoms with Crippen LogP contribution in [-0.2, 0) is 0 Å². The van der Waals surface area contributed by atoms with Gasteiger partial charge in [0.05, 0.1) is 0 Å². The van der Waals surface area contributed by atoms with Crippen LogP contribution in [0.2, 0.25) is 0 Å². The lowest BCUT2D eigenvalue weighted by Gasteiger charge is -2.27. The first-order chi connectivity index (χ1) is 11.5. The predicted molar refractivity (Wildman–Crippen MR) is 86.5 cm³/mol. The van der Waals surface area contributed by atoms with Crippen LogP contribution in [0, 0.1) is 11.6 Å². The molecule has 24 heavy (non-hydrogen) atoms. The van der Waals surface area contributed by atoms with E-state index in [1.165, 1.54) is 12.3 Å². The first-order valence-corrected chi connectivity index (χ1v) is 7.54. The monoisotopic (exact) mass is 335 g/mol. The molecule has 0 spiro atoms. The van der Waals surface area contributed by atoms with Crippen LogP contribution in [0.5, 0.6) is 11.6 Å². The zero-order chi connectivity index (χ0) is 17.7. The Morgan fingerprint density at radius 1 is 1.25 bits per heavy atom. The molecule has 1 N–H and O–H groups in total. The summed E-state index contributed by atoms with van der Waals surface area (Å²) in [7, 11) is 0. The van der Waals surface area contributed by atoms with Gasteiger partial charge in [0.15, 0.2) is 17.5 Å². The maximum Gasteiger partial charge on any atom is 0.219 e. The molecule has 2 aromatic rings. The van der Waals surface area contributed by atoms with Crippen LogP contribution in [0.15, 0.2) is 41.7 Å². The van der Waals surface area contributed by atoms with Crippen molar-refractivity contribution in [3.8, 4) is 11.6 Å². The fraction of sp³-hybridized carbons (Fsp3) is 0.294. The molecule has 2 rings (SSSR count). The minimum Gasteiger partial charge on any atom is -0.439 e. The molecule has 1 aromatic carbocycles. The number of oxime groups is 1. The highest BCUT2D eigenvalue weighted by atomic mass is 19.2. The third kappa shape index (κ3) is 3.98. The number of nitrogens with zero attached hydrogens (tertiary/aromatic N) is 3. The topological polar surface area (TPSA) is 58.0 Å². The van der Waals surface area contributed by atoms with Crippen LogP contribution < -0.4 is 4.74 Å². The van der Waals surface area contributed by atoms with Gasteiger partial charge in [0, 0.05) is 36.5 Å². The molecule has 0 saturated carbocycles. The average molecular weight is 335 g/mol. The number of amidine groups is 1. The smallest absolute Gasteiger partial charge is 0.219 e. The minimum absolute atomic E-state index is 0.122. The standard InChI is InChI=1S/C17H19F2N3O2/c1-4-22(11(2)3)17(21-23)12-7-8-20-16(9-12)24-13-5-6-14(18)15(19)10-13/h5-11,23H,4H2,1-3H3/b21-17-. The third-order valence-corrected chi connectivity index (χ3v) is 3.44. The van der Waals surface area contributed by atoms with Crippen LogP contribution in [0.1, 0.15) is 26.3 Å². The number of aromatic nitrogens is 1. The van der Waals surface area contributed by atoms with E-state index in [0.29, 0.717) is 17.9 Å². The van der Waals surface area contributed by atoms with Crippen molar-refractivity contribution in [2.45, 2.75) is 26.8 Å². The van der Waals surface area contributed by atoms with Crippen LogP contribution in [-0.4, -0.2) is 33.5 Å². The van der Waals surface area contributed by atoms with E-state index < -0.39 is 11.6 Å². The number of halogens is 2. The van der Waals surface area contributed by atoms with Crippen molar-refractivity contribution in [3.63, 3.8) is 0 Å². The SMILES string of the molecule is CCN(/C(=N\O)c1ccnc(Oc2ccc(F)c(F)c2)c1)C(C)C. The van der Waals surface area contributed by atoms with Crippen LogP contribution in [0.25, 0.3) is 0 Å². The van der Waals surface area contributed by atoms with E-state index in [1.807, 2.05) is 25.7 Å². The Kier molecular flexibility index (Phi) is 5.68. The van der Waals surface area contributed by atoms with Crippen molar-refractivity contribution in [1.29, 1.82) is 0 Å². The number of ether oxygens (including phenoxy) is 1. The summed E-state index contributed by atoms with van der Waals surface area (Å²) in [5.74, 6) is -1.27. The van der Waals surface area contributed by atoms with E-state index in [1.54, 1.807) is 12.1 Å². The first-order valence-electron chi connectivity index (χ1n) is 7.54. The van der Waals surface area contributed by atoms with Crippen LogP contribution in [0.4, 0.5) is 8.78 Å². The van der Waals surface area contributed by atoms with Gasteiger partial charge in [-0.15, -0.1) is 0 Å². The molecule has 0 fully saturated rings. The van der Waals surface area contributed by atoms with Gasteiger partial charge in [0.1, 0.15) is 5.75 Å². The van der Waals surface area contributed by atoms with Crippen molar-refractivity contribution >= 4 is 5.84 Å². The third-order valence-electron chi connectivity index (χ3n) is 3.44. The Bertz CT molecular complexity index is 736. The molecule has 0 aliphatic rings. The lowest BCUT2D eigenvalue weighted by atomic mass is 10.2. The van der Waals surface area contributed by atoms with E-state index in [0.717, 1.165) is 12.1 Å². The van der Waals surface area contributed by atoms with Gasteiger partial charge in [-0.2, -0.15) is 0 Å². The lowest BCUT2D eigenvalue weighted by molar-refractivity contribution is 0.290. The van der Waals surface area contributed by atoms with Crippen molar-refractivity contribution in [1.82, 2.24) is 9.88 Å². The molecule has 1 heterocycles. The summed E-state index contributed by atoms with van der Waals surface area (Å²) in [4.78, 5) is 5.94. The Labute approximate surface area is 139 Å². The molecular weight excluding hydrogens is 316 g/mol. The second-order valence-corrected chi connectivity index (χ2v) is 5.36. The van der Waals surface area contributed by atoms with Gasteiger partial charge in [-0.1, -0.05) is 5.16 Å². The minimum atomic E-state index is -1.00. The molecule has 5 nitrogen and oxygen atoms in total. The van der Waals surface area contributed by atoms with E-state index in [2.05, 4.69) is 10.1 Å².